The van der Waals surface area contributed by atoms with Crippen LogP contribution < -0.4 is 5.32 Å². The number of imidazole rings is 1. The lowest BCUT2D eigenvalue weighted by Gasteiger charge is -1.95. The summed E-state index contributed by atoms with van der Waals surface area (Å²) in [6.45, 7) is 2.04. The number of rotatable bonds is 3. The van der Waals surface area contributed by atoms with Gasteiger partial charge in [0.05, 0.1) is 0 Å². The van der Waals surface area contributed by atoms with Crippen molar-refractivity contribution in [1.29, 1.82) is 0 Å². The Hall–Kier alpha value is -1.58. The molecular formula is C9H13N3O. The van der Waals surface area contributed by atoms with Crippen LogP contribution in [0, 0.1) is 0 Å². The number of hydrogen-bond donors (Lipinski definition) is 1. The quantitative estimate of drug-likeness (QED) is 0.737. The molecule has 0 aliphatic heterocycles. The zero-order valence-electron chi connectivity index (χ0n) is 7.82. The van der Waals surface area contributed by atoms with E-state index in [0.29, 0.717) is 6.54 Å². The van der Waals surface area contributed by atoms with Gasteiger partial charge in [0.1, 0.15) is 5.82 Å². The number of amides is 1. The second-order valence-electron chi connectivity index (χ2n) is 2.74. The van der Waals surface area contributed by atoms with Crippen LogP contribution in [-0.2, 0) is 11.8 Å². The van der Waals surface area contributed by atoms with Crippen LogP contribution >= 0.6 is 0 Å². The molecule has 0 bridgehead atoms. The predicted molar refractivity (Wildman–Crippen MR) is 50.9 cm³/mol. The smallest absolute Gasteiger partial charge is 0.217 e. The van der Waals surface area contributed by atoms with Gasteiger partial charge in [0.25, 0.3) is 0 Å². The molecule has 0 aromatic carbocycles. The third-order valence-electron chi connectivity index (χ3n) is 1.59. The molecule has 1 aromatic heterocycles. The minimum absolute atomic E-state index is 0.0236. The molecule has 0 aliphatic carbocycles. The molecule has 0 unspecified atom stereocenters. The molecule has 0 radical (unpaired) electrons. The normalized spacial score (nSPS) is 10.6. The number of nitrogens with one attached hydrogen (secondary N) is 1. The second kappa shape index (κ2) is 4.45. The summed E-state index contributed by atoms with van der Waals surface area (Å²) in [5.74, 6) is 0.856. The second-order valence-corrected chi connectivity index (χ2v) is 2.74. The van der Waals surface area contributed by atoms with Gasteiger partial charge in [-0.3, -0.25) is 4.79 Å². The number of aromatic nitrogens is 2. The summed E-state index contributed by atoms with van der Waals surface area (Å²) >= 11 is 0. The largest absolute Gasteiger partial charge is 0.353 e. The van der Waals surface area contributed by atoms with Crippen molar-refractivity contribution in [2.24, 2.45) is 7.05 Å². The van der Waals surface area contributed by atoms with Gasteiger partial charge in [0.2, 0.25) is 5.91 Å². The molecule has 0 atom stereocenters. The van der Waals surface area contributed by atoms with E-state index in [0.717, 1.165) is 5.82 Å². The van der Waals surface area contributed by atoms with Gasteiger partial charge in [-0.1, -0.05) is 6.08 Å². The molecule has 4 heteroatoms. The average molecular weight is 179 g/mol. The molecule has 1 rings (SSSR count). The van der Waals surface area contributed by atoms with Crippen molar-refractivity contribution < 1.29 is 4.79 Å². The molecule has 1 N–H and O–H groups in total. The van der Waals surface area contributed by atoms with Gasteiger partial charge in [-0.2, -0.15) is 0 Å². The van der Waals surface area contributed by atoms with E-state index in [4.69, 9.17) is 0 Å². The first-order valence-electron chi connectivity index (χ1n) is 4.08. The summed E-state index contributed by atoms with van der Waals surface area (Å²) in [5, 5.41) is 2.66. The molecule has 0 saturated heterocycles. The monoisotopic (exact) mass is 179 g/mol. The molecule has 13 heavy (non-hydrogen) atoms. The Labute approximate surface area is 77.3 Å². The Bertz CT molecular complexity index is 314. The Morgan fingerprint density at radius 3 is 3.08 bits per heavy atom. The first-order valence-corrected chi connectivity index (χ1v) is 4.08. The van der Waals surface area contributed by atoms with Crippen LogP contribution in [0.5, 0.6) is 0 Å². The molecule has 1 aromatic rings. The van der Waals surface area contributed by atoms with Crippen molar-refractivity contribution in [2.75, 3.05) is 6.54 Å². The number of hydrogen-bond acceptors (Lipinski definition) is 2. The van der Waals surface area contributed by atoms with Gasteiger partial charge in [-0.05, 0) is 6.08 Å². The predicted octanol–water partition coefficient (Wildman–Crippen LogP) is 0.569. The van der Waals surface area contributed by atoms with Crippen LogP contribution in [-0.4, -0.2) is 22.0 Å². The first kappa shape index (κ1) is 9.51. The summed E-state index contributed by atoms with van der Waals surface area (Å²) in [6, 6.07) is 0. The number of aryl methyl sites for hydroxylation is 1. The highest BCUT2D eigenvalue weighted by Crippen LogP contribution is 1.95. The third-order valence-corrected chi connectivity index (χ3v) is 1.59. The van der Waals surface area contributed by atoms with E-state index in [1.807, 2.05) is 30.0 Å². The summed E-state index contributed by atoms with van der Waals surface area (Å²) in [6.07, 6.45) is 7.34. The maximum atomic E-state index is 10.5. The van der Waals surface area contributed by atoms with E-state index in [2.05, 4.69) is 10.3 Å². The van der Waals surface area contributed by atoms with Gasteiger partial charge >= 0.3 is 0 Å². The third kappa shape index (κ3) is 3.11. The standard InChI is InChI=1S/C9H13N3O/c1-8(13)10-5-3-4-9-11-6-7-12(9)2/h3-4,6-7H,5H2,1-2H3,(H,10,13). The van der Waals surface area contributed by atoms with Gasteiger partial charge in [0.15, 0.2) is 0 Å². The van der Waals surface area contributed by atoms with E-state index < -0.39 is 0 Å². The molecule has 0 saturated carbocycles. The van der Waals surface area contributed by atoms with Crippen molar-refractivity contribution >= 4 is 12.0 Å². The number of carbonyl (C=O) groups is 1. The Morgan fingerprint density at radius 1 is 1.77 bits per heavy atom. The molecule has 1 amide bonds. The molecular weight excluding hydrogens is 166 g/mol. The maximum absolute atomic E-state index is 10.5. The van der Waals surface area contributed by atoms with E-state index in [1.54, 1.807) is 6.20 Å². The summed E-state index contributed by atoms with van der Waals surface area (Å²) in [4.78, 5) is 14.6. The molecule has 70 valence electrons. The molecule has 1 heterocycles. The fraction of sp³-hybridized carbons (Fsp3) is 0.333. The van der Waals surface area contributed by atoms with E-state index >= 15 is 0 Å². The highest BCUT2D eigenvalue weighted by Gasteiger charge is 1.91. The van der Waals surface area contributed by atoms with Crippen LogP contribution in [0.25, 0.3) is 6.08 Å². The number of nitrogens with zero attached hydrogens (tertiary/aromatic N) is 2. The van der Waals surface area contributed by atoms with Gasteiger partial charge in [-0.15, -0.1) is 0 Å². The minimum atomic E-state index is -0.0236. The fourth-order valence-electron chi connectivity index (χ4n) is 0.905. The van der Waals surface area contributed by atoms with Gasteiger partial charge in [0, 0.05) is 32.9 Å². The fourth-order valence-corrected chi connectivity index (χ4v) is 0.905. The topological polar surface area (TPSA) is 46.9 Å². The zero-order chi connectivity index (χ0) is 9.68. The molecule has 4 nitrogen and oxygen atoms in total. The summed E-state index contributed by atoms with van der Waals surface area (Å²) < 4.78 is 1.91. The summed E-state index contributed by atoms with van der Waals surface area (Å²) in [5.41, 5.74) is 0. The van der Waals surface area contributed by atoms with Crippen LogP contribution in [0.2, 0.25) is 0 Å². The van der Waals surface area contributed by atoms with E-state index in [1.165, 1.54) is 6.92 Å². The van der Waals surface area contributed by atoms with Crippen LogP contribution in [0.3, 0.4) is 0 Å². The van der Waals surface area contributed by atoms with Gasteiger partial charge in [-0.25, -0.2) is 4.98 Å². The summed E-state index contributed by atoms with van der Waals surface area (Å²) in [7, 11) is 1.92. The highest BCUT2D eigenvalue weighted by molar-refractivity contribution is 5.73. The van der Waals surface area contributed by atoms with Gasteiger partial charge < -0.3 is 9.88 Å². The molecule has 0 aliphatic rings. The minimum Gasteiger partial charge on any atom is -0.353 e. The van der Waals surface area contributed by atoms with Crippen molar-refractivity contribution in [3.05, 3.63) is 24.3 Å². The SMILES string of the molecule is CC(=O)NCC=Cc1nccn1C. The van der Waals surface area contributed by atoms with Crippen molar-refractivity contribution in [2.45, 2.75) is 6.92 Å². The van der Waals surface area contributed by atoms with E-state index in [-0.39, 0.29) is 5.91 Å². The average Bonchev–Trinajstić information content (AvgIpc) is 2.45. The number of carbonyl (C=O) groups excluding carboxylic acids is 1. The first-order chi connectivity index (χ1) is 6.20. The lowest BCUT2D eigenvalue weighted by atomic mass is 10.4. The zero-order valence-corrected chi connectivity index (χ0v) is 7.82. The van der Waals surface area contributed by atoms with Crippen LogP contribution in [0.4, 0.5) is 0 Å². The lowest BCUT2D eigenvalue weighted by Crippen LogP contribution is -2.19. The highest BCUT2D eigenvalue weighted by atomic mass is 16.1. The Kier molecular flexibility index (Phi) is 3.25. The maximum Gasteiger partial charge on any atom is 0.217 e. The van der Waals surface area contributed by atoms with Crippen molar-refractivity contribution in [1.82, 2.24) is 14.9 Å². The Morgan fingerprint density at radius 2 is 2.54 bits per heavy atom. The molecule has 0 fully saturated rings. The lowest BCUT2D eigenvalue weighted by molar-refractivity contribution is -0.118. The van der Waals surface area contributed by atoms with E-state index in [9.17, 15) is 4.79 Å². The van der Waals surface area contributed by atoms with Crippen molar-refractivity contribution in [3.8, 4) is 0 Å². The van der Waals surface area contributed by atoms with Crippen LogP contribution in [0.1, 0.15) is 12.7 Å². The Balaban J connectivity index is 2.41. The van der Waals surface area contributed by atoms with Crippen molar-refractivity contribution in [3.63, 3.8) is 0 Å². The van der Waals surface area contributed by atoms with Crippen LogP contribution in [0.15, 0.2) is 18.5 Å². The molecule has 0 spiro atoms.